The lowest BCUT2D eigenvalue weighted by molar-refractivity contribution is 0.0514. The van der Waals surface area contributed by atoms with Crippen LogP contribution in [0.1, 0.15) is 54.0 Å². The van der Waals surface area contributed by atoms with Crippen LogP contribution in [0.3, 0.4) is 0 Å². The summed E-state index contributed by atoms with van der Waals surface area (Å²) in [6, 6.07) is 7.97. The van der Waals surface area contributed by atoms with E-state index >= 15 is 0 Å². The molecule has 7 heteroatoms. The third-order valence-corrected chi connectivity index (χ3v) is 4.79. The van der Waals surface area contributed by atoms with Crippen LogP contribution in [0.4, 0.5) is 4.79 Å². The first kappa shape index (κ1) is 19.9. The predicted molar refractivity (Wildman–Crippen MR) is 105 cm³/mol. The molecule has 28 heavy (non-hydrogen) atoms. The van der Waals surface area contributed by atoms with Crippen molar-refractivity contribution in [3.05, 3.63) is 46.8 Å². The van der Waals surface area contributed by atoms with Gasteiger partial charge in [0.1, 0.15) is 0 Å². The van der Waals surface area contributed by atoms with Crippen LogP contribution in [-0.4, -0.2) is 46.5 Å². The molecule has 1 aromatic carbocycles. The molecule has 2 heterocycles. The number of esters is 1. The third kappa shape index (κ3) is 4.18. The second-order valence-electron chi connectivity index (χ2n) is 6.88. The van der Waals surface area contributed by atoms with Crippen LogP contribution in [0.5, 0.6) is 0 Å². The van der Waals surface area contributed by atoms with Gasteiger partial charge in [0.25, 0.3) is 0 Å². The number of rotatable bonds is 6. The lowest BCUT2D eigenvalue weighted by Crippen LogP contribution is -2.37. The molecular weight excluding hydrogens is 358 g/mol. The Kier molecular flexibility index (Phi) is 6.34. The van der Waals surface area contributed by atoms with Crippen LogP contribution < -0.4 is 0 Å². The predicted octanol–water partition coefficient (Wildman–Crippen LogP) is 3.65. The number of fused-ring (bicyclic) bond motifs is 1. The Hall–Kier alpha value is -2.83. The van der Waals surface area contributed by atoms with Gasteiger partial charge in [-0.2, -0.15) is 5.10 Å². The Morgan fingerprint density at radius 2 is 1.89 bits per heavy atom. The molecule has 0 radical (unpaired) electrons. The smallest absolute Gasteiger partial charge is 0.410 e. The minimum atomic E-state index is -0.467. The molecule has 0 N–H and O–H groups in total. The van der Waals surface area contributed by atoms with E-state index in [1.165, 1.54) is 0 Å². The minimum Gasteiger partial charge on any atom is -0.461 e. The second kappa shape index (κ2) is 8.91. The van der Waals surface area contributed by atoms with E-state index in [-0.39, 0.29) is 18.4 Å². The molecule has 0 saturated heterocycles. The summed E-state index contributed by atoms with van der Waals surface area (Å²) in [7, 11) is 0. The number of nitrogens with zero attached hydrogens (tertiary/aromatic N) is 3. The first-order valence-electron chi connectivity index (χ1n) is 9.81. The molecule has 3 rings (SSSR count). The fourth-order valence-electron chi connectivity index (χ4n) is 3.23. The van der Waals surface area contributed by atoms with Gasteiger partial charge in [0.2, 0.25) is 0 Å². The van der Waals surface area contributed by atoms with Gasteiger partial charge in [-0.1, -0.05) is 31.0 Å². The van der Waals surface area contributed by atoms with Crippen molar-refractivity contribution >= 4 is 12.1 Å². The molecule has 0 aliphatic carbocycles. The average molecular weight is 385 g/mol. The van der Waals surface area contributed by atoms with E-state index in [2.05, 4.69) is 5.10 Å². The first-order chi connectivity index (χ1) is 13.5. The SMILES string of the molecule is CCCCOC(=O)N1CCc2c(c(C(=O)OCC)nn2-c2ccc(C)cc2)C1. The Morgan fingerprint density at radius 1 is 1.14 bits per heavy atom. The number of aromatic nitrogens is 2. The number of carbonyl (C=O) groups excluding carboxylic acids is 2. The van der Waals surface area contributed by atoms with Gasteiger partial charge in [-0.05, 0) is 32.4 Å². The molecule has 7 nitrogen and oxygen atoms in total. The van der Waals surface area contributed by atoms with E-state index in [4.69, 9.17) is 9.47 Å². The number of hydrogen-bond acceptors (Lipinski definition) is 5. The number of amides is 1. The summed E-state index contributed by atoms with van der Waals surface area (Å²) in [6.07, 6.45) is 2.05. The van der Waals surface area contributed by atoms with Gasteiger partial charge >= 0.3 is 12.1 Å². The molecular formula is C21H27N3O4. The number of unbranched alkanes of at least 4 members (excludes halogenated alkanes) is 1. The summed E-state index contributed by atoms with van der Waals surface area (Å²) in [6.45, 7) is 7.33. The fourth-order valence-corrected chi connectivity index (χ4v) is 3.23. The van der Waals surface area contributed by atoms with Crippen LogP contribution in [0.25, 0.3) is 5.69 Å². The van der Waals surface area contributed by atoms with Crippen molar-refractivity contribution in [2.24, 2.45) is 0 Å². The van der Waals surface area contributed by atoms with Gasteiger partial charge in [-0.15, -0.1) is 0 Å². The highest BCUT2D eigenvalue weighted by Gasteiger charge is 2.31. The molecule has 0 spiro atoms. The molecule has 0 saturated carbocycles. The van der Waals surface area contributed by atoms with Crippen molar-refractivity contribution in [2.75, 3.05) is 19.8 Å². The van der Waals surface area contributed by atoms with Crippen LogP contribution in [0, 0.1) is 6.92 Å². The lowest BCUT2D eigenvalue weighted by Gasteiger charge is -2.27. The van der Waals surface area contributed by atoms with Crippen LogP contribution in [0.15, 0.2) is 24.3 Å². The van der Waals surface area contributed by atoms with Crippen molar-refractivity contribution in [1.82, 2.24) is 14.7 Å². The minimum absolute atomic E-state index is 0.267. The normalized spacial score (nSPS) is 13.2. The van der Waals surface area contributed by atoms with Gasteiger partial charge in [0.15, 0.2) is 5.69 Å². The Bertz CT molecular complexity index is 842. The fraction of sp³-hybridized carbons (Fsp3) is 0.476. The maximum Gasteiger partial charge on any atom is 0.410 e. The summed E-state index contributed by atoms with van der Waals surface area (Å²) in [5.41, 5.74) is 3.97. The van der Waals surface area contributed by atoms with Crippen molar-refractivity contribution in [3.8, 4) is 5.69 Å². The Morgan fingerprint density at radius 3 is 2.57 bits per heavy atom. The molecule has 1 aliphatic heterocycles. The van der Waals surface area contributed by atoms with E-state index in [1.807, 2.05) is 38.1 Å². The second-order valence-corrected chi connectivity index (χ2v) is 6.88. The van der Waals surface area contributed by atoms with E-state index in [0.717, 1.165) is 35.3 Å². The molecule has 1 aliphatic rings. The van der Waals surface area contributed by atoms with Gasteiger partial charge < -0.3 is 14.4 Å². The van der Waals surface area contributed by atoms with Gasteiger partial charge in [-0.25, -0.2) is 14.3 Å². The molecule has 0 bridgehead atoms. The molecule has 2 aromatic rings. The van der Waals surface area contributed by atoms with Crippen molar-refractivity contribution in [3.63, 3.8) is 0 Å². The van der Waals surface area contributed by atoms with Crippen molar-refractivity contribution < 1.29 is 19.1 Å². The van der Waals surface area contributed by atoms with Crippen molar-refractivity contribution in [1.29, 1.82) is 0 Å². The molecule has 0 fully saturated rings. The highest BCUT2D eigenvalue weighted by molar-refractivity contribution is 5.89. The number of carbonyl (C=O) groups is 2. The number of benzene rings is 1. The van der Waals surface area contributed by atoms with E-state index in [0.29, 0.717) is 26.1 Å². The quantitative estimate of drug-likeness (QED) is 0.560. The van der Waals surface area contributed by atoms with Crippen molar-refractivity contribution in [2.45, 2.75) is 46.6 Å². The Balaban J connectivity index is 1.91. The van der Waals surface area contributed by atoms with Gasteiger partial charge in [-0.3, -0.25) is 0 Å². The van der Waals surface area contributed by atoms with Crippen LogP contribution in [-0.2, 0) is 22.4 Å². The third-order valence-electron chi connectivity index (χ3n) is 4.79. The number of hydrogen-bond donors (Lipinski definition) is 0. The molecule has 0 atom stereocenters. The summed E-state index contributed by atoms with van der Waals surface area (Å²) < 4.78 is 12.3. The lowest BCUT2D eigenvalue weighted by atomic mass is 10.1. The monoisotopic (exact) mass is 385 g/mol. The first-order valence-corrected chi connectivity index (χ1v) is 9.81. The largest absolute Gasteiger partial charge is 0.461 e. The Labute approximate surface area is 165 Å². The topological polar surface area (TPSA) is 73.7 Å². The zero-order valence-corrected chi connectivity index (χ0v) is 16.7. The molecule has 150 valence electrons. The van der Waals surface area contributed by atoms with Crippen LogP contribution >= 0.6 is 0 Å². The highest BCUT2D eigenvalue weighted by atomic mass is 16.6. The van der Waals surface area contributed by atoms with E-state index in [9.17, 15) is 9.59 Å². The van der Waals surface area contributed by atoms with E-state index < -0.39 is 5.97 Å². The number of aryl methyl sites for hydroxylation is 1. The van der Waals surface area contributed by atoms with E-state index in [1.54, 1.807) is 16.5 Å². The average Bonchev–Trinajstić information content (AvgIpc) is 3.08. The molecule has 1 aromatic heterocycles. The van der Waals surface area contributed by atoms with Crippen LogP contribution in [0.2, 0.25) is 0 Å². The molecule has 0 unspecified atom stereocenters. The molecule has 1 amide bonds. The summed E-state index contributed by atoms with van der Waals surface area (Å²) in [5.74, 6) is -0.467. The van der Waals surface area contributed by atoms with Gasteiger partial charge in [0.05, 0.1) is 31.1 Å². The maximum atomic E-state index is 12.5. The standard InChI is InChI=1S/C21H27N3O4/c1-4-6-13-28-21(26)23-12-11-18-17(14-23)19(20(25)27-5-2)22-24(18)16-9-7-15(3)8-10-16/h7-10H,4-6,11-14H2,1-3H3. The summed E-state index contributed by atoms with van der Waals surface area (Å²) in [5, 5.41) is 4.54. The maximum absolute atomic E-state index is 12.5. The zero-order valence-electron chi connectivity index (χ0n) is 16.7. The highest BCUT2D eigenvalue weighted by Crippen LogP contribution is 2.26. The summed E-state index contributed by atoms with van der Waals surface area (Å²) in [4.78, 5) is 26.5. The van der Waals surface area contributed by atoms with Gasteiger partial charge in [0, 0.05) is 18.5 Å². The summed E-state index contributed by atoms with van der Waals surface area (Å²) >= 11 is 0. The zero-order chi connectivity index (χ0) is 20.1. The number of ether oxygens (including phenoxy) is 2.